The maximum absolute atomic E-state index is 12.4. The van der Waals surface area contributed by atoms with Crippen LogP contribution in [0, 0.1) is 26.7 Å². The minimum Gasteiger partial charge on any atom is -0.352 e. The number of aryl methyl sites for hydroxylation is 3. The van der Waals surface area contributed by atoms with E-state index in [0.29, 0.717) is 13.0 Å². The number of carbonyl (C=O) groups excluding carboxylic acids is 2. The molecule has 1 aromatic rings. The van der Waals surface area contributed by atoms with E-state index in [1.165, 1.54) is 5.56 Å². The molecule has 2 aliphatic heterocycles. The lowest BCUT2D eigenvalue weighted by atomic mass is 10.0. The van der Waals surface area contributed by atoms with Crippen LogP contribution in [0.15, 0.2) is 12.1 Å². The van der Waals surface area contributed by atoms with E-state index in [4.69, 9.17) is 0 Å². The van der Waals surface area contributed by atoms with Crippen molar-refractivity contribution in [2.75, 3.05) is 24.5 Å². The Morgan fingerprint density at radius 1 is 1.26 bits per heavy atom. The third-order valence-electron chi connectivity index (χ3n) is 4.81. The van der Waals surface area contributed by atoms with Crippen molar-refractivity contribution in [1.29, 1.82) is 0 Å². The number of benzene rings is 1. The lowest BCUT2D eigenvalue weighted by Crippen LogP contribution is -2.41. The topological polar surface area (TPSA) is 61.4 Å². The Morgan fingerprint density at radius 3 is 2.57 bits per heavy atom. The highest BCUT2D eigenvalue weighted by Gasteiger charge is 2.37. The molecule has 0 radical (unpaired) electrons. The van der Waals surface area contributed by atoms with Crippen LogP contribution in [0.25, 0.3) is 0 Å². The molecule has 124 valence electrons. The summed E-state index contributed by atoms with van der Waals surface area (Å²) in [4.78, 5) is 26.7. The first-order valence-corrected chi connectivity index (χ1v) is 8.35. The fourth-order valence-corrected chi connectivity index (χ4v) is 3.79. The highest BCUT2D eigenvalue weighted by molar-refractivity contribution is 6.01. The summed E-state index contributed by atoms with van der Waals surface area (Å²) < 4.78 is 0. The van der Waals surface area contributed by atoms with E-state index in [1.54, 1.807) is 4.90 Å². The largest absolute Gasteiger partial charge is 0.352 e. The molecule has 5 heteroatoms. The van der Waals surface area contributed by atoms with Crippen molar-refractivity contribution in [3.63, 3.8) is 0 Å². The molecule has 1 aromatic carbocycles. The van der Waals surface area contributed by atoms with Crippen molar-refractivity contribution in [3.05, 3.63) is 28.8 Å². The van der Waals surface area contributed by atoms with E-state index in [0.717, 1.165) is 36.3 Å². The van der Waals surface area contributed by atoms with Crippen LogP contribution in [0.2, 0.25) is 0 Å². The predicted molar refractivity (Wildman–Crippen MR) is 90.5 cm³/mol. The van der Waals surface area contributed by atoms with E-state index in [1.807, 2.05) is 13.8 Å². The van der Waals surface area contributed by atoms with Gasteiger partial charge in [-0.05, 0) is 44.9 Å². The van der Waals surface area contributed by atoms with Crippen molar-refractivity contribution >= 4 is 17.5 Å². The second-order valence-corrected chi connectivity index (χ2v) is 6.85. The molecule has 0 aromatic heterocycles. The number of carbonyl (C=O) groups is 2. The summed E-state index contributed by atoms with van der Waals surface area (Å²) in [6.07, 6.45) is 1.27. The molecule has 2 atom stereocenters. The second-order valence-electron chi connectivity index (χ2n) is 6.85. The van der Waals surface area contributed by atoms with E-state index < -0.39 is 0 Å². The number of anilines is 1. The van der Waals surface area contributed by atoms with Gasteiger partial charge in [0, 0.05) is 31.2 Å². The Balaban J connectivity index is 1.73. The molecular formula is C18H25N3O2. The molecule has 3 rings (SSSR count). The number of hydrogen-bond donors (Lipinski definition) is 2. The summed E-state index contributed by atoms with van der Waals surface area (Å²) in [5.41, 5.74) is 4.35. The van der Waals surface area contributed by atoms with Crippen LogP contribution in [-0.2, 0) is 9.59 Å². The molecule has 0 saturated carbocycles. The Kier molecular flexibility index (Phi) is 4.39. The van der Waals surface area contributed by atoms with Crippen LogP contribution >= 0.6 is 0 Å². The first-order chi connectivity index (χ1) is 11.0. The van der Waals surface area contributed by atoms with Gasteiger partial charge < -0.3 is 15.5 Å². The SMILES string of the molecule is Cc1cc(C)c(N2CC(C(=O)NC3CCNC3)CC2=O)c(C)c1. The summed E-state index contributed by atoms with van der Waals surface area (Å²) >= 11 is 0. The number of rotatable bonds is 3. The molecule has 2 unspecified atom stereocenters. The Hall–Kier alpha value is -1.88. The zero-order chi connectivity index (χ0) is 16.6. The first-order valence-electron chi connectivity index (χ1n) is 8.35. The molecule has 23 heavy (non-hydrogen) atoms. The molecule has 0 aliphatic carbocycles. The van der Waals surface area contributed by atoms with Crippen LogP contribution in [-0.4, -0.2) is 37.5 Å². The number of hydrogen-bond acceptors (Lipinski definition) is 3. The molecular weight excluding hydrogens is 290 g/mol. The van der Waals surface area contributed by atoms with Gasteiger partial charge in [0.15, 0.2) is 0 Å². The summed E-state index contributed by atoms with van der Waals surface area (Å²) in [7, 11) is 0. The predicted octanol–water partition coefficient (Wildman–Crippen LogP) is 1.44. The van der Waals surface area contributed by atoms with Crippen molar-refractivity contribution < 1.29 is 9.59 Å². The van der Waals surface area contributed by atoms with Gasteiger partial charge in [0.05, 0.1) is 5.92 Å². The molecule has 2 N–H and O–H groups in total. The Bertz CT molecular complexity index is 612. The summed E-state index contributed by atoms with van der Waals surface area (Å²) in [5.74, 6) is -0.190. The molecule has 2 fully saturated rings. The minimum absolute atomic E-state index is 0.0111. The standard InChI is InChI=1S/C18H25N3O2/c1-11-6-12(2)17(13(3)7-11)21-10-14(8-16(21)22)18(23)20-15-4-5-19-9-15/h6-7,14-15,19H,4-5,8-10H2,1-3H3,(H,20,23). The van der Waals surface area contributed by atoms with Gasteiger partial charge in [-0.1, -0.05) is 17.7 Å². The average molecular weight is 315 g/mol. The molecule has 2 saturated heterocycles. The number of amides is 2. The Labute approximate surface area is 137 Å². The van der Waals surface area contributed by atoms with E-state index in [2.05, 4.69) is 29.7 Å². The van der Waals surface area contributed by atoms with Crippen molar-refractivity contribution in [2.24, 2.45) is 5.92 Å². The molecule has 0 bridgehead atoms. The van der Waals surface area contributed by atoms with Crippen molar-refractivity contribution in [2.45, 2.75) is 39.7 Å². The second kappa shape index (κ2) is 6.32. The Morgan fingerprint density at radius 2 is 1.96 bits per heavy atom. The molecule has 2 aliphatic rings. The van der Waals surface area contributed by atoms with Crippen LogP contribution in [0.5, 0.6) is 0 Å². The third-order valence-corrected chi connectivity index (χ3v) is 4.81. The van der Waals surface area contributed by atoms with Crippen LogP contribution in [0.1, 0.15) is 29.5 Å². The monoisotopic (exact) mass is 315 g/mol. The van der Waals surface area contributed by atoms with Gasteiger partial charge in [-0.15, -0.1) is 0 Å². The fourth-order valence-electron chi connectivity index (χ4n) is 3.79. The average Bonchev–Trinajstić information content (AvgIpc) is 3.08. The van der Waals surface area contributed by atoms with Gasteiger partial charge >= 0.3 is 0 Å². The normalized spacial score (nSPS) is 24.3. The van der Waals surface area contributed by atoms with Gasteiger partial charge in [-0.2, -0.15) is 0 Å². The zero-order valence-electron chi connectivity index (χ0n) is 14.1. The maximum Gasteiger partial charge on any atom is 0.227 e. The van der Waals surface area contributed by atoms with Crippen molar-refractivity contribution in [1.82, 2.24) is 10.6 Å². The van der Waals surface area contributed by atoms with Gasteiger partial charge in [0.25, 0.3) is 0 Å². The van der Waals surface area contributed by atoms with Gasteiger partial charge in [0.2, 0.25) is 11.8 Å². The fraction of sp³-hybridized carbons (Fsp3) is 0.556. The van der Waals surface area contributed by atoms with Crippen LogP contribution in [0.4, 0.5) is 5.69 Å². The van der Waals surface area contributed by atoms with Crippen molar-refractivity contribution in [3.8, 4) is 0 Å². The highest BCUT2D eigenvalue weighted by atomic mass is 16.2. The molecule has 2 heterocycles. The van der Waals surface area contributed by atoms with Gasteiger partial charge in [-0.25, -0.2) is 0 Å². The smallest absolute Gasteiger partial charge is 0.227 e. The zero-order valence-corrected chi connectivity index (χ0v) is 14.1. The van der Waals surface area contributed by atoms with Crippen LogP contribution < -0.4 is 15.5 Å². The molecule has 2 amide bonds. The summed E-state index contributed by atoms with van der Waals surface area (Å²) in [5, 5.41) is 6.31. The third kappa shape index (κ3) is 3.24. The van der Waals surface area contributed by atoms with E-state index in [-0.39, 0.29) is 23.8 Å². The summed E-state index contributed by atoms with van der Waals surface area (Å²) in [6, 6.07) is 4.38. The van der Waals surface area contributed by atoms with Crippen LogP contribution in [0.3, 0.4) is 0 Å². The van der Waals surface area contributed by atoms with Gasteiger partial charge in [0.1, 0.15) is 0 Å². The van der Waals surface area contributed by atoms with E-state index >= 15 is 0 Å². The van der Waals surface area contributed by atoms with E-state index in [9.17, 15) is 9.59 Å². The summed E-state index contributed by atoms with van der Waals surface area (Å²) in [6.45, 7) is 8.37. The lowest BCUT2D eigenvalue weighted by molar-refractivity contribution is -0.126. The molecule has 0 spiro atoms. The quantitative estimate of drug-likeness (QED) is 0.887. The number of nitrogens with one attached hydrogen (secondary N) is 2. The number of nitrogens with zero attached hydrogens (tertiary/aromatic N) is 1. The lowest BCUT2D eigenvalue weighted by Gasteiger charge is -2.22. The highest BCUT2D eigenvalue weighted by Crippen LogP contribution is 2.31. The van der Waals surface area contributed by atoms with Gasteiger partial charge in [-0.3, -0.25) is 9.59 Å². The molecule has 5 nitrogen and oxygen atoms in total. The first kappa shape index (κ1) is 16.0. The maximum atomic E-state index is 12.4. The minimum atomic E-state index is -0.247.